The minimum atomic E-state index is -1.90. The van der Waals surface area contributed by atoms with Crippen LogP contribution in [0.1, 0.15) is 61.3 Å². The molecule has 0 rings (SSSR count). The molecule has 3 nitrogen and oxygen atoms in total. The van der Waals surface area contributed by atoms with E-state index in [1.165, 1.54) is 25.9 Å². The summed E-state index contributed by atoms with van der Waals surface area (Å²) in [6.07, 6.45) is 2.46. The average Bonchev–Trinajstić information content (AvgIpc) is 2.48. The van der Waals surface area contributed by atoms with Crippen LogP contribution in [0.2, 0.25) is 29.2 Å². The molecule has 0 bridgehead atoms. The second-order valence-corrected chi connectivity index (χ2v) is 17.4. The fourth-order valence-corrected chi connectivity index (χ4v) is 13.5. The van der Waals surface area contributed by atoms with Gasteiger partial charge in [-0.25, -0.2) is 0 Å². The third-order valence-corrected chi connectivity index (χ3v) is 16.1. The Kier molecular flexibility index (Phi) is 10.5. The van der Waals surface area contributed by atoms with Crippen molar-refractivity contribution >= 4 is 16.8 Å². The van der Waals surface area contributed by atoms with Crippen LogP contribution in [0.4, 0.5) is 0 Å². The Bertz CT molecular complexity index is 296. The van der Waals surface area contributed by atoms with E-state index in [1.807, 2.05) is 0 Å². The van der Waals surface area contributed by atoms with Gasteiger partial charge in [-0.2, -0.15) is 0 Å². The van der Waals surface area contributed by atoms with Crippen molar-refractivity contribution in [2.24, 2.45) is 0 Å². The molecular weight excluding hydrogens is 318 g/mol. The highest BCUT2D eigenvalue weighted by atomic mass is 28.4. The van der Waals surface area contributed by atoms with Crippen LogP contribution in [0.3, 0.4) is 0 Å². The lowest BCUT2D eigenvalue weighted by molar-refractivity contribution is 0.247. The van der Waals surface area contributed by atoms with Crippen LogP contribution in [-0.2, 0) is 8.85 Å². The van der Waals surface area contributed by atoms with Gasteiger partial charge in [-0.15, -0.1) is 0 Å². The maximum Gasteiger partial charge on any atom is 0.334 e. The number of nitrogens with zero attached hydrogens (tertiary/aromatic N) is 1. The summed E-state index contributed by atoms with van der Waals surface area (Å²) < 4.78 is 14.1. The molecular formula is C18H43NO2Si2. The highest BCUT2D eigenvalue weighted by Crippen LogP contribution is 2.43. The lowest BCUT2D eigenvalue weighted by Gasteiger charge is -2.51. The normalized spacial score (nSPS) is 13.8. The molecule has 0 fully saturated rings. The summed E-state index contributed by atoms with van der Waals surface area (Å²) in [4.78, 5) is 0. The summed E-state index contributed by atoms with van der Waals surface area (Å²) in [5, 5.41) is 0. The Morgan fingerprint density at radius 1 is 0.826 bits per heavy atom. The Morgan fingerprint density at radius 3 is 1.57 bits per heavy atom. The van der Waals surface area contributed by atoms with Gasteiger partial charge in [0.25, 0.3) is 0 Å². The second-order valence-electron chi connectivity index (χ2n) is 7.93. The van der Waals surface area contributed by atoms with Crippen molar-refractivity contribution in [3.05, 3.63) is 0 Å². The molecule has 0 amide bonds. The van der Waals surface area contributed by atoms with E-state index >= 15 is 0 Å². The Balaban J connectivity index is 4.91. The zero-order valence-corrected chi connectivity index (χ0v) is 19.5. The monoisotopic (exact) mass is 361 g/mol. The third-order valence-electron chi connectivity index (χ3n) is 5.88. The summed E-state index contributed by atoms with van der Waals surface area (Å²) >= 11 is 0. The molecule has 0 spiro atoms. The minimum Gasteiger partial charge on any atom is -0.398 e. The van der Waals surface area contributed by atoms with Crippen LogP contribution < -0.4 is 0 Å². The SMILES string of the molecule is CCN(CCCC[Si](C)(OC)OC)[Si](C(C)C)(C(C)C)C(C)C. The number of hydrogen-bond donors (Lipinski definition) is 0. The van der Waals surface area contributed by atoms with Gasteiger partial charge >= 0.3 is 8.56 Å². The molecule has 0 N–H and O–H groups in total. The molecule has 0 atom stereocenters. The van der Waals surface area contributed by atoms with Crippen LogP contribution in [0.25, 0.3) is 0 Å². The van der Waals surface area contributed by atoms with Gasteiger partial charge in [0.1, 0.15) is 8.24 Å². The van der Waals surface area contributed by atoms with Crippen LogP contribution in [0, 0.1) is 0 Å². The molecule has 0 radical (unpaired) electrons. The smallest absolute Gasteiger partial charge is 0.334 e. The Morgan fingerprint density at radius 2 is 1.26 bits per heavy atom. The van der Waals surface area contributed by atoms with Gasteiger partial charge in [-0.1, -0.05) is 54.9 Å². The van der Waals surface area contributed by atoms with E-state index in [2.05, 4.69) is 59.6 Å². The summed E-state index contributed by atoms with van der Waals surface area (Å²) in [5.74, 6) is 0. The molecule has 0 aliphatic heterocycles. The van der Waals surface area contributed by atoms with Crippen LogP contribution in [0.15, 0.2) is 0 Å². The minimum absolute atomic E-state index is 0.792. The molecule has 0 saturated carbocycles. The van der Waals surface area contributed by atoms with Crippen molar-refractivity contribution in [3.63, 3.8) is 0 Å². The average molecular weight is 362 g/mol. The van der Waals surface area contributed by atoms with E-state index in [9.17, 15) is 0 Å². The van der Waals surface area contributed by atoms with Gasteiger partial charge in [-0.3, -0.25) is 0 Å². The first-order valence-corrected chi connectivity index (χ1v) is 14.2. The maximum absolute atomic E-state index is 5.61. The van der Waals surface area contributed by atoms with Gasteiger partial charge in [0.2, 0.25) is 0 Å². The van der Waals surface area contributed by atoms with E-state index < -0.39 is 16.8 Å². The quantitative estimate of drug-likeness (QED) is 0.332. The van der Waals surface area contributed by atoms with Crippen molar-refractivity contribution in [1.29, 1.82) is 0 Å². The van der Waals surface area contributed by atoms with Gasteiger partial charge in [-0.05, 0) is 48.7 Å². The van der Waals surface area contributed by atoms with Crippen molar-refractivity contribution < 1.29 is 8.85 Å². The highest BCUT2D eigenvalue weighted by molar-refractivity contribution is 6.80. The van der Waals surface area contributed by atoms with E-state index in [0.29, 0.717) is 0 Å². The molecule has 0 unspecified atom stereocenters. The number of unbranched alkanes of at least 4 members (excludes halogenated alkanes) is 1. The highest BCUT2D eigenvalue weighted by Gasteiger charge is 2.47. The van der Waals surface area contributed by atoms with Gasteiger partial charge < -0.3 is 13.4 Å². The van der Waals surface area contributed by atoms with Crippen molar-refractivity contribution in [2.75, 3.05) is 27.3 Å². The summed E-state index contributed by atoms with van der Waals surface area (Å²) in [7, 11) is 0.202. The Labute approximate surface area is 148 Å². The van der Waals surface area contributed by atoms with Crippen LogP contribution >= 0.6 is 0 Å². The zero-order chi connectivity index (χ0) is 18.3. The number of rotatable bonds is 12. The van der Waals surface area contributed by atoms with Crippen molar-refractivity contribution in [3.8, 4) is 0 Å². The number of hydrogen-bond acceptors (Lipinski definition) is 3. The molecule has 23 heavy (non-hydrogen) atoms. The maximum atomic E-state index is 5.61. The predicted molar refractivity (Wildman–Crippen MR) is 108 cm³/mol. The molecule has 5 heteroatoms. The summed E-state index contributed by atoms with van der Waals surface area (Å²) in [5.41, 5.74) is 2.38. The molecule has 0 aliphatic carbocycles. The molecule has 0 saturated heterocycles. The summed E-state index contributed by atoms with van der Waals surface area (Å²) in [6, 6.07) is 1.09. The van der Waals surface area contributed by atoms with Crippen LogP contribution in [0.5, 0.6) is 0 Å². The summed E-state index contributed by atoms with van der Waals surface area (Å²) in [6.45, 7) is 21.6. The molecule has 0 aromatic rings. The first-order valence-electron chi connectivity index (χ1n) is 9.47. The first kappa shape index (κ1) is 23.3. The van der Waals surface area contributed by atoms with Crippen LogP contribution in [-0.4, -0.2) is 48.7 Å². The van der Waals surface area contributed by atoms with E-state index in [4.69, 9.17) is 8.85 Å². The fourth-order valence-electron chi connectivity index (χ4n) is 4.76. The first-order chi connectivity index (χ1) is 10.6. The molecule has 0 heterocycles. The van der Waals surface area contributed by atoms with E-state index in [0.717, 1.165) is 22.7 Å². The van der Waals surface area contributed by atoms with E-state index in [1.54, 1.807) is 14.2 Å². The largest absolute Gasteiger partial charge is 0.398 e. The van der Waals surface area contributed by atoms with Gasteiger partial charge in [0.15, 0.2) is 0 Å². The topological polar surface area (TPSA) is 21.7 Å². The van der Waals surface area contributed by atoms with Crippen molar-refractivity contribution in [1.82, 2.24) is 4.57 Å². The lowest BCUT2D eigenvalue weighted by Crippen LogP contribution is -2.60. The van der Waals surface area contributed by atoms with Gasteiger partial charge in [0, 0.05) is 14.2 Å². The Hall–Kier alpha value is 0.314. The van der Waals surface area contributed by atoms with E-state index in [-0.39, 0.29) is 0 Å². The standard InChI is InChI=1S/C18H43NO2Si2/c1-11-19(14-12-13-15-22(10,20-8)21-9)23(16(2)3,17(4)5)18(6)7/h16-18H,11-15H2,1-10H3. The zero-order valence-electron chi connectivity index (χ0n) is 17.5. The predicted octanol–water partition coefficient (Wildman–Crippen LogP) is 5.63. The molecule has 0 aliphatic rings. The molecule has 0 aromatic heterocycles. The molecule has 0 aromatic carbocycles. The second kappa shape index (κ2) is 10.3. The van der Waals surface area contributed by atoms with Gasteiger partial charge in [0.05, 0.1) is 0 Å². The third kappa shape index (κ3) is 5.67. The molecule has 140 valence electrons. The fraction of sp³-hybridized carbons (Fsp3) is 1.00. The van der Waals surface area contributed by atoms with Crippen molar-refractivity contribution in [2.45, 2.75) is 90.5 Å². The lowest BCUT2D eigenvalue weighted by atomic mass is 10.3.